The highest BCUT2D eigenvalue weighted by Gasteiger charge is 2.20. The van der Waals surface area contributed by atoms with Gasteiger partial charge in [0.15, 0.2) is 0 Å². The number of anilines is 1. The number of nitrogens with one attached hydrogen (secondary N) is 1. The summed E-state index contributed by atoms with van der Waals surface area (Å²) in [4.78, 5) is 6.41. The third kappa shape index (κ3) is 1.59. The molecule has 0 amide bonds. The van der Waals surface area contributed by atoms with Crippen molar-refractivity contribution in [3.63, 3.8) is 0 Å². The van der Waals surface area contributed by atoms with Gasteiger partial charge in [-0.2, -0.15) is 0 Å². The summed E-state index contributed by atoms with van der Waals surface area (Å²) in [7, 11) is 0. The second kappa shape index (κ2) is 3.57. The fourth-order valence-corrected chi connectivity index (χ4v) is 1.74. The summed E-state index contributed by atoms with van der Waals surface area (Å²) in [6.45, 7) is 2.02. The number of nitrogens with zero attached hydrogens (tertiary/aromatic N) is 2. The molecule has 0 aliphatic carbocycles. The van der Waals surface area contributed by atoms with Gasteiger partial charge in [-0.1, -0.05) is 0 Å². The summed E-state index contributed by atoms with van der Waals surface area (Å²) in [6.07, 6.45) is 2.93. The van der Waals surface area contributed by atoms with Crippen LogP contribution >= 0.6 is 15.9 Å². The van der Waals surface area contributed by atoms with Crippen molar-refractivity contribution in [2.45, 2.75) is 6.42 Å². The number of hydrogen-bond donors (Lipinski definition) is 2. The second-order valence-electron chi connectivity index (χ2n) is 3.28. The average Bonchev–Trinajstić information content (AvgIpc) is 2.04. The molecule has 74 valence electrons. The van der Waals surface area contributed by atoms with Crippen molar-refractivity contribution in [1.29, 1.82) is 5.41 Å². The maximum Gasteiger partial charge on any atom is 0.139 e. The highest BCUT2D eigenvalue weighted by Crippen LogP contribution is 2.24. The van der Waals surface area contributed by atoms with E-state index in [0.29, 0.717) is 5.56 Å². The normalized spacial score (nSPS) is 15.1. The minimum absolute atomic E-state index is 0.0701. The maximum absolute atomic E-state index is 7.46. The first-order valence-corrected chi connectivity index (χ1v) is 5.22. The minimum atomic E-state index is 0.0701. The molecule has 0 spiro atoms. The van der Waals surface area contributed by atoms with E-state index in [2.05, 4.69) is 25.8 Å². The molecule has 1 fully saturated rings. The van der Waals surface area contributed by atoms with Gasteiger partial charge in [-0.3, -0.25) is 5.41 Å². The molecule has 14 heavy (non-hydrogen) atoms. The Morgan fingerprint density at radius 3 is 2.79 bits per heavy atom. The third-order valence-electron chi connectivity index (χ3n) is 2.28. The molecule has 1 aromatic heterocycles. The Bertz CT molecular complexity index is 373. The molecule has 1 aliphatic heterocycles. The number of halogens is 1. The van der Waals surface area contributed by atoms with Gasteiger partial charge in [-0.25, -0.2) is 4.98 Å². The molecule has 2 heterocycles. The van der Waals surface area contributed by atoms with Gasteiger partial charge in [0.05, 0.1) is 5.56 Å². The summed E-state index contributed by atoms with van der Waals surface area (Å²) in [5.74, 6) is 0.896. The summed E-state index contributed by atoms with van der Waals surface area (Å²) in [5, 5.41) is 7.46. The molecule has 1 saturated heterocycles. The van der Waals surface area contributed by atoms with Crippen LogP contribution in [0.1, 0.15) is 12.0 Å². The first-order valence-electron chi connectivity index (χ1n) is 4.43. The van der Waals surface area contributed by atoms with Crippen LogP contribution in [-0.4, -0.2) is 23.9 Å². The van der Waals surface area contributed by atoms with Crippen molar-refractivity contribution in [2.24, 2.45) is 5.73 Å². The molecule has 0 saturated carbocycles. The first-order chi connectivity index (χ1) is 6.68. The number of hydrogen-bond acceptors (Lipinski definition) is 3. The number of amidine groups is 1. The molecule has 4 nitrogen and oxygen atoms in total. The van der Waals surface area contributed by atoms with Crippen LogP contribution in [0.5, 0.6) is 0 Å². The van der Waals surface area contributed by atoms with E-state index in [1.807, 2.05) is 6.07 Å². The minimum Gasteiger partial charge on any atom is -0.384 e. The Labute approximate surface area is 90.8 Å². The van der Waals surface area contributed by atoms with Gasteiger partial charge in [-0.05, 0) is 28.4 Å². The molecule has 5 heteroatoms. The van der Waals surface area contributed by atoms with Gasteiger partial charge < -0.3 is 10.6 Å². The Morgan fingerprint density at radius 2 is 2.29 bits per heavy atom. The fourth-order valence-electron chi connectivity index (χ4n) is 1.41. The van der Waals surface area contributed by atoms with Gasteiger partial charge in [0, 0.05) is 23.8 Å². The van der Waals surface area contributed by atoms with E-state index >= 15 is 0 Å². The van der Waals surface area contributed by atoms with Crippen LogP contribution in [-0.2, 0) is 0 Å². The van der Waals surface area contributed by atoms with Gasteiger partial charge in [0.1, 0.15) is 11.7 Å². The number of aromatic nitrogens is 1. The second-order valence-corrected chi connectivity index (χ2v) is 4.19. The van der Waals surface area contributed by atoms with Crippen molar-refractivity contribution < 1.29 is 0 Å². The zero-order valence-corrected chi connectivity index (χ0v) is 9.21. The Kier molecular flexibility index (Phi) is 2.41. The standard InChI is InChI=1S/C9H11BrN4/c10-6-4-7(8(11)12)9(13-5-6)14-2-1-3-14/h4-5H,1-3H2,(H3,11,12). The lowest BCUT2D eigenvalue weighted by molar-refractivity contribution is 0.609. The zero-order chi connectivity index (χ0) is 10.1. The van der Waals surface area contributed by atoms with Crippen molar-refractivity contribution in [2.75, 3.05) is 18.0 Å². The molecule has 0 bridgehead atoms. The van der Waals surface area contributed by atoms with E-state index in [4.69, 9.17) is 11.1 Å². The Morgan fingerprint density at radius 1 is 1.57 bits per heavy atom. The summed E-state index contributed by atoms with van der Waals surface area (Å²) >= 11 is 3.32. The van der Waals surface area contributed by atoms with Crippen LogP contribution in [0.25, 0.3) is 0 Å². The van der Waals surface area contributed by atoms with Crippen LogP contribution < -0.4 is 10.6 Å². The SMILES string of the molecule is N=C(N)c1cc(Br)cnc1N1CCC1. The first kappa shape index (κ1) is 9.45. The van der Waals surface area contributed by atoms with Gasteiger partial charge in [-0.15, -0.1) is 0 Å². The van der Waals surface area contributed by atoms with Crippen LogP contribution in [0.4, 0.5) is 5.82 Å². The van der Waals surface area contributed by atoms with Crippen molar-refractivity contribution in [3.05, 3.63) is 22.3 Å². The molecule has 0 atom stereocenters. The van der Waals surface area contributed by atoms with E-state index in [9.17, 15) is 0 Å². The zero-order valence-electron chi connectivity index (χ0n) is 7.63. The number of nitrogens with two attached hydrogens (primary N) is 1. The lowest BCUT2D eigenvalue weighted by atomic mass is 10.1. The molecular formula is C9H11BrN4. The van der Waals surface area contributed by atoms with Crippen LogP contribution in [0.2, 0.25) is 0 Å². The molecule has 0 unspecified atom stereocenters. The van der Waals surface area contributed by atoms with Crippen LogP contribution in [0.15, 0.2) is 16.7 Å². The van der Waals surface area contributed by atoms with Crippen molar-refractivity contribution in [1.82, 2.24) is 4.98 Å². The predicted octanol–water partition coefficient (Wildman–Crippen LogP) is 1.34. The molecule has 1 aliphatic rings. The van der Waals surface area contributed by atoms with E-state index < -0.39 is 0 Å². The lowest BCUT2D eigenvalue weighted by Crippen LogP contribution is -2.39. The van der Waals surface area contributed by atoms with E-state index in [-0.39, 0.29) is 5.84 Å². The van der Waals surface area contributed by atoms with Crippen LogP contribution in [0.3, 0.4) is 0 Å². The number of pyridine rings is 1. The molecular weight excluding hydrogens is 244 g/mol. The average molecular weight is 255 g/mol. The highest BCUT2D eigenvalue weighted by molar-refractivity contribution is 9.10. The number of rotatable bonds is 2. The smallest absolute Gasteiger partial charge is 0.139 e. The fraction of sp³-hybridized carbons (Fsp3) is 0.333. The molecule has 1 aromatic rings. The molecule has 0 aromatic carbocycles. The van der Waals surface area contributed by atoms with Crippen LogP contribution in [0, 0.1) is 5.41 Å². The summed E-state index contributed by atoms with van der Waals surface area (Å²) in [5.41, 5.74) is 6.20. The van der Waals surface area contributed by atoms with Gasteiger partial charge >= 0.3 is 0 Å². The third-order valence-corrected chi connectivity index (χ3v) is 2.71. The summed E-state index contributed by atoms with van der Waals surface area (Å²) in [6, 6.07) is 1.84. The largest absolute Gasteiger partial charge is 0.384 e. The van der Waals surface area contributed by atoms with Gasteiger partial charge in [0.25, 0.3) is 0 Å². The van der Waals surface area contributed by atoms with Crippen molar-refractivity contribution >= 4 is 27.6 Å². The van der Waals surface area contributed by atoms with E-state index in [1.165, 1.54) is 6.42 Å². The quantitative estimate of drug-likeness (QED) is 0.619. The van der Waals surface area contributed by atoms with Gasteiger partial charge in [0.2, 0.25) is 0 Å². The lowest BCUT2D eigenvalue weighted by Gasteiger charge is -2.33. The van der Waals surface area contributed by atoms with E-state index in [1.54, 1.807) is 6.20 Å². The Balaban J connectivity index is 2.41. The maximum atomic E-state index is 7.46. The highest BCUT2D eigenvalue weighted by atomic mass is 79.9. The van der Waals surface area contributed by atoms with Crippen molar-refractivity contribution in [3.8, 4) is 0 Å². The summed E-state index contributed by atoms with van der Waals surface area (Å²) < 4.78 is 0.854. The van der Waals surface area contributed by atoms with E-state index in [0.717, 1.165) is 23.4 Å². The molecule has 3 N–H and O–H groups in total. The molecule has 0 radical (unpaired) electrons. The Hall–Kier alpha value is -1.10. The predicted molar refractivity (Wildman–Crippen MR) is 59.8 cm³/mol. The number of nitrogen functional groups attached to an aromatic ring is 1. The monoisotopic (exact) mass is 254 g/mol. The molecule has 2 rings (SSSR count). The topological polar surface area (TPSA) is 66.0 Å².